The summed E-state index contributed by atoms with van der Waals surface area (Å²) < 4.78 is 9.72. The maximum Gasteiger partial charge on any atom is 0.508 e. The lowest BCUT2D eigenvalue weighted by Crippen LogP contribution is -2.19. The van der Waals surface area contributed by atoms with Crippen LogP contribution in [0, 0.1) is 0 Å². The zero-order valence-corrected chi connectivity index (χ0v) is 10.7. The van der Waals surface area contributed by atoms with Crippen molar-refractivity contribution >= 4 is 6.16 Å². The van der Waals surface area contributed by atoms with Crippen molar-refractivity contribution in [2.45, 2.75) is 38.9 Å². The summed E-state index contributed by atoms with van der Waals surface area (Å²) in [6.07, 6.45) is 1.23. The molecule has 1 N–H and O–H groups in total. The van der Waals surface area contributed by atoms with E-state index in [1.807, 2.05) is 37.3 Å². The van der Waals surface area contributed by atoms with Gasteiger partial charge >= 0.3 is 6.16 Å². The minimum atomic E-state index is -0.741. The first-order chi connectivity index (χ1) is 8.72. The fourth-order valence-corrected chi connectivity index (χ4v) is 1.45. The van der Waals surface area contributed by atoms with Crippen LogP contribution in [0.25, 0.3) is 0 Å². The van der Waals surface area contributed by atoms with Crippen LogP contribution in [0.15, 0.2) is 30.3 Å². The van der Waals surface area contributed by atoms with E-state index in [9.17, 15) is 9.90 Å². The third-order valence-corrected chi connectivity index (χ3v) is 2.48. The first-order valence-corrected chi connectivity index (χ1v) is 6.24. The molecule has 4 heteroatoms. The molecule has 18 heavy (non-hydrogen) atoms. The largest absolute Gasteiger partial charge is 0.508 e. The van der Waals surface area contributed by atoms with Gasteiger partial charge in [-0.1, -0.05) is 50.1 Å². The van der Waals surface area contributed by atoms with Crippen LogP contribution in [-0.4, -0.2) is 24.0 Å². The predicted molar refractivity (Wildman–Crippen MR) is 68.1 cm³/mol. The van der Waals surface area contributed by atoms with Crippen LogP contribution in [0.2, 0.25) is 0 Å². The lowest BCUT2D eigenvalue weighted by molar-refractivity contribution is 0.0127. The fourth-order valence-electron chi connectivity index (χ4n) is 1.45. The van der Waals surface area contributed by atoms with E-state index in [1.165, 1.54) is 0 Å². The second kappa shape index (κ2) is 8.53. The molecule has 0 fully saturated rings. The first-order valence-electron chi connectivity index (χ1n) is 6.24. The van der Waals surface area contributed by atoms with Crippen molar-refractivity contribution in [2.75, 3.05) is 6.61 Å². The van der Waals surface area contributed by atoms with Crippen molar-refractivity contribution in [3.8, 4) is 0 Å². The number of hydrogen-bond acceptors (Lipinski definition) is 4. The molecular weight excluding hydrogens is 232 g/mol. The average Bonchev–Trinajstić information content (AvgIpc) is 2.41. The first kappa shape index (κ1) is 14.5. The topological polar surface area (TPSA) is 55.8 Å². The van der Waals surface area contributed by atoms with E-state index in [2.05, 4.69) is 0 Å². The van der Waals surface area contributed by atoms with Crippen LogP contribution in [0.3, 0.4) is 0 Å². The summed E-state index contributed by atoms with van der Waals surface area (Å²) in [5.41, 5.74) is 0.904. The number of unbranched alkanes of at least 4 members (excludes halogenated alkanes) is 1. The SMILES string of the molecule is CCCCC(O)COC(=O)OCc1ccccc1. The lowest BCUT2D eigenvalue weighted by atomic mass is 10.2. The highest BCUT2D eigenvalue weighted by Crippen LogP contribution is 2.04. The van der Waals surface area contributed by atoms with E-state index < -0.39 is 12.3 Å². The van der Waals surface area contributed by atoms with Crippen LogP contribution < -0.4 is 0 Å². The number of ether oxygens (including phenoxy) is 2. The third kappa shape index (κ3) is 6.25. The van der Waals surface area contributed by atoms with Gasteiger partial charge in [0.25, 0.3) is 0 Å². The van der Waals surface area contributed by atoms with Gasteiger partial charge in [0.15, 0.2) is 0 Å². The molecule has 0 heterocycles. The van der Waals surface area contributed by atoms with E-state index in [0.717, 1.165) is 18.4 Å². The molecule has 100 valence electrons. The van der Waals surface area contributed by atoms with Gasteiger partial charge in [-0.2, -0.15) is 0 Å². The normalized spacial score (nSPS) is 11.9. The zero-order valence-electron chi connectivity index (χ0n) is 10.7. The minimum absolute atomic E-state index is 0.00633. The highest BCUT2D eigenvalue weighted by Gasteiger charge is 2.09. The summed E-state index contributed by atoms with van der Waals surface area (Å²) in [4.78, 5) is 11.2. The molecule has 0 saturated carbocycles. The molecule has 0 aliphatic carbocycles. The van der Waals surface area contributed by atoms with E-state index >= 15 is 0 Å². The van der Waals surface area contributed by atoms with Crippen LogP contribution in [0.4, 0.5) is 4.79 Å². The van der Waals surface area contributed by atoms with Crippen molar-refractivity contribution in [1.82, 2.24) is 0 Å². The standard InChI is InChI=1S/C14H20O4/c1-2-3-9-13(15)11-18-14(16)17-10-12-7-5-4-6-8-12/h4-8,13,15H,2-3,9-11H2,1H3. The molecular formula is C14H20O4. The maximum absolute atomic E-state index is 11.2. The van der Waals surface area contributed by atoms with Crippen molar-refractivity contribution in [3.63, 3.8) is 0 Å². The van der Waals surface area contributed by atoms with Gasteiger partial charge in [-0.15, -0.1) is 0 Å². The van der Waals surface area contributed by atoms with Gasteiger partial charge in [0.1, 0.15) is 13.2 Å². The quantitative estimate of drug-likeness (QED) is 0.758. The summed E-state index contributed by atoms with van der Waals surface area (Å²) >= 11 is 0. The monoisotopic (exact) mass is 252 g/mol. The Balaban J connectivity index is 2.14. The fraction of sp³-hybridized carbons (Fsp3) is 0.500. The second-order valence-electron chi connectivity index (χ2n) is 4.13. The Bertz CT molecular complexity index is 337. The van der Waals surface area contributed by atoms with Gasteiger partial charge in [0.05, 0.1) is 6.10 Å². The van der Waals surface area contributed by atoms with E-state index in [-0.39, 0.29) is 13.2 Å². The van der Waals surface area contributed by atoms with Gasteiger partial charge < -0.3 is 14.6 Å². The molecule has 0 aliphatic rings. The average molecular weight is 252 g/mol. The van der Waals surface area contributed by atoms with E-state index in [4.69, 9.17) is 9.47 Å². The van der Waals surface area contributed by atoms with Crippen LogP contribution in [0.5, 0.6) is 0 Å². The molecule has 1 aromatic carbocycles. The number of rotatable bonds is 7. The Morgan fingerprint density at radius 1 is 1.28 bits per heavy atom. The summed E-state index contributed by atoms with van der Waals surface area (Å²) in [5.74, 6) is 0. The number of benzene rings is 1. The maximum atomic E-state index is 11.2. The van der Waals surface area contributed by atoms with Crippen LogP contribution in [0.1, 0.15) is 31.7 Å². The molecule has 1 unspecified atom stereocenters. The van der Waals surface area contributed by atoms with Gasteiger partial charge in [-0.25, -0.2) is 4.79 Å². The molecule has 1 rings (SSSR count). The highest BCUT2D eigenvalue weighted by molar-refractivity contribution is 5.59. The molecule has 4 nitrogen and oxygen atoms in total. The van der Waals surface area contributed by atoms with Gasteiger partial charge in [0.2, 0.25) is 0 Å². The molecule has 0 aliphatic heterocycles. The summed E-state index contributed by atoms with van der Waals surface area (Å²) in [7, 11) is 0. The van der Waals surface area contributed by atoms with Crippen molar-refractivity contribution < 1.29 is 19.4 Å². The molecule has 0 bridgehead atoms. The lowest BCUT2D eigenvalue weighted by Gasteiger charge is -2.10. The Morgan fingerprint density at radius 3 is 2.67 bits per heavy atom. The number of aliphatic hydroxyl groups excluding tert-OH is 1. The van der Waals surface area contributed by atoms with Gasteiger partial charge in [0, 0.05) is 0 Å². The number of hydrogen-bond donors (Lipinski definition) is 1. The van der Waals surface area contributed by atoms with Crippen LogP contribution in [-0.2, 0) is 16.1 Å². The van der Waals surface area contributed by atoms with Crippen molar-refractivity contribution in [1.29, 1.82) is 0 Å². The predicted octanol–water partition coefficient (Wildman–Crippen LogP) is 2.89. The Morgan fingerprint density at radius 2 is 2.00 bits per heavy atom. The third-order valence-electron chi connectivity index (χ3n) is 2.48. The number of carbonyl (C=O) groups is 1. The Labute approximate surface area is 108 Å². The van der Waals surface area contributed by atoms with E-state index in [1.54, 1.807) is 0 Å². The molecule has 0 spiro atoms. The summed E-state index contributed by atoms with van der Waals surface area (Å²) in [5, 5.41) is 9.48. The van der Waals surface area contributed by atoms with Crippen LogP contribution >= 0.6 is 0 Å². The van der Waals surface area contributed by atoms with Crippen molar-refractivity contribution in [2.24, 2.45) is 0 Å². The van der Waals surface area contributed by atoms with Gasteiger partial charge in [-0.05, 0) is 12.0 Å². The molecule has 0 radical (unpaired) electrons. The number of carbonyl (C=O) groups excluding carboxylic acids is 1. The minimum Gasteiger partial charge on any atom is -0.432 e. The molecule has 1 aromatic rings. The van der Waals surface area contributed by atoms with Crippen molar-refractivity contribution in [3.05, 3.63) is 35.9 Å². The molecule has 0 saturated heterocycles. The Kier molecular flexibility index (Phi) is 6.87. The second-order valence-corrected chi connectivity index (χ2v) is 4.13. The van der Waals surface area contributed by atoms with E-state index in [0.29, 0.717) is 6.42 Å². The molecule has 1 atom stereocenters. The smallest absolute Gasteiger partial charge is 0.432 e. The highest BCUT2D eigenvalue weighted by atomic mass is 16.7. The molecule has 0 amide bonds. The summed E-state index contributed by atoms with van der Waals surface area (Å²) in [6.45, 7) is 2.22. The number of aliphatic hydroxyl groups is 1. The zero-order chi connectivity index (χ0) is 13.2. The summed E-state index contributed by atoms with van der Waals surface area (Å²) in [6, 6.07) is 9.37. The Hall–Kier alpha value is -1.55. The molecule has 0 aromatic heterocycles. The van der Waals surface area contributed by atoms with Gasteiger partial charge in [-0.3, -0.25) is 0 Å².